The molecule has 0 saturated heterocycles. The molecular formula is C36H34O. The maximum absolute atomic E-state index is 6.74. The molecule has 0 spiro atoms. The van der Waals surface area contributed by atoms with Crippen LogP contribution in [0.2, 0.25) is 0 Å². The van der Waals surface area contributed by atoms with Crippen molar-refractivity contribution in [1.29, 1.82) is 0 Å². The second-order valence-electron chi connectivity index (χ2n) is 11.6. The number of fused-ring (bicyclic) bond motifs is 9. The molecule has 1 heteroatoms. The summed E-state index contributed by atoms with van der Waals surface area (Å²) in [6.07, 6.45) is 4.05. The molecule has 0 bridgehead atoms. The summed E-state index contributed by atoms with van der Waals surface area (Å²) in [4.78, 5) is 0. The molecule has 3 unspecified atom stereocenters. The van der Waals surface area contributed by atoms with Crippen LogP contribution in [0.3, 0.4) is 0 Å². The molecule has 37 heavy (non-hydrogen) atoms. The van der Waals surface area contributed by atoms with E-state index in [1.807, 2.05) is 0 Å². The van der Waals surface area contributed by atoms with Crippen LogP contribution in [-0.2, 0) is 0 Å². The van der Waals surface area contributed by atoms with Gasteiger partial charge in [-0.3, -0.25) is 0 Å². The van der Waals surface area contributed by atoms with Crippen molar-refractivity contribution in [3.05, 3.63) is 91.0 Å². The van der Waals surface area contributed by atoms with Crippen LogP contribution in [0.1, 0.15) is 40.0 Å². The molecule has 0 aromatic heterocycles. The molecule has 0 aliphatic heterocycles. The molecule has 6 aromatic rings. The minimum Gasteiger partial charge on any atom is -0.490 e. The molecule has 0 N–H and O–H groups in total. The van der Waals surface area contributed by atoms with Gasteiger partial charge in [-0.15, -0.1) is 0 Å². The molecular weight excluding hydrogens is 448 g/mol. The lowest BCUT2D eigenvalue weighted by Crippen LogP contribution is -2.36. The Bertz CT molecular complexity index is 1780. The number of rotatable bonds is 3. The Morgan fingerprint density at radius 2 is 1.22 bits per heavy atom. The molecule has 7 rings (SSSR count). The van der Waals surface area contributed by atoms with E-state index in [0.29, 0.717) is 17.9 Å². The Balaban J connectivity index is 1.44. The Labute approximate surface area is 219 Å². The number of ether oxygens (including phenoxy) is 1. The SMILES string of the molecule is CC1CCC(C(C)C)C(Oc2ccc3c(ccc4ccc5ccc6ccc7ccccc7c6c5c43)c2)C1. The van der Waals surface area contributed by atoms with E-state index in [-0.39, 0.29) is 0 Å². The van der Waals surface area contributed by atoms with E-state index in [1.165, 1.54) is 66.7 Å². The fraction of sp³-hybridized carbons (Fsp3) is 0.278. The van der Waals surface area contributed by atoms with E-state index in [1.54, 1.807) is 0 Å². The van der Waals surface area contributed by atoms with Crippen molar-refractivity contribution >= 4 is 53.9 Å². The van der Waals surface area contributed by atoms with Gasteiger partial charge in [0.05, 0.1) is 0 Å². The maximum Gasteiger partial charge on any atom is 0.120 e. The predicted molar refractivity (Wildman–Crippen MR) is 160 cm³/mol. The monoisotopic (exact) mass is 482 g/mol. The highest BCUT2D eigenvalue weighted by Crippen LogP contribution is 2.41. The van der Waals surface area contributed by atoms with Crippen LogP contribution in [0.4, 0.5) is 0 Å². The Hall–Kier alpha value is -3.58. The van der Waals surface area contributed by atoms with E-state index < -0.39 is 0 Å². The normalized spacial score (nSPS) is 20.5. The summed E-state index contributed by atoms with van der Waals surface area (Å²) in [5, 5.41) is 13.1. The molecule has 1 aliphatic rings. The van der Waals surface area contributed by atoms with Crippen molar-refractivity contribution in [2.75, 3.05) is 0 Å². The molecule has 6 aromatic carbocycles. The minimum atomic E-state index is 0.304. The average Bonchev–Trinajstić information content (AvgIpc) is 2.92. The third kappa shape index (κ3) is 3.75. The highest BCUT2D eigenvalue weighted by molar-refractivity contribution is 6.32. The first-order valence-electron chi connectivity index (χ1n) is 13.9. The second-order valence-corrected chi connectivity index (χ2v) is 11.6. The van der Waals surface area contributed by atoms with Gasteiger partial charge >= 0.3 is 0 Å². The number of hydrogen-bond acceptors (Lipinski definition) is 1. The molecule has 3 atom stereocenters. The van der Waals surface area contributed by atoms with Crippen LogP contribution >= 0.6 is 0 Å². The molecule has 0 heterocycles. The van der Waals surface area contributed by atoms with Crippen LogP contribution in [0.15, 0.2) is 91.0 Å². The smallest absolute Gasteiger partial charge is 0.120 e. The molecule has 184 valence electrons. The van der Waals surface area contributed by atoms with Gasteiger partial charge in [-0.2, -0.15) is 0 Å². The lowest BCUT2D eigenvalue weighted by Gasteiger charge is -2.37. The zero-order chi connectivity index (χ0) is 25.1. The van der Waals surface area contributed by atoms with Gasteiger partial charge in [-0.25, -0.2) is 0 Å². The van der Waals surface area contributed by atoms with Crippen LogP contribution in [0, 0.1) is 17.8 Å². The van der Waals surface area contributed by atoms with Crippen LogP contribution in [0.5, 0.6) is 5.75 Å². The van der Waals surface area contributed by atoms with Crippen molar-refractivity contribution in [2.45, 2.75) is 46.1 Å². The Morgan fingerprint density at radius 3 is 1.92 bits per heavy atom. The summed E-state index contributed by atoms with van der Waals surface area (Å²) < 4.78 is 6.74. The molecule has 1 aliphatic carbocycles. The molecule has 0 amide bonds. The van der Waals surface area contributed by atoms with Crippen molar-refractivity contribution in [3.8, 4) is 5.75 Å². The van der Waals surface area contributed by atoms with Gasteiger partial charge < -0.3 is 4.74 Å². The maximum atomic E-state index is 6.74. The van der Waals surface area contributed by atoms with Gasteiger partial charge in [0, 0.05) is 0 Å². The second kappa shape index (κ2) is 8.77. The molecule has 1 nitrogen and oxygen atoms in total. The van der Waals surface area contributed by atoms with E-state index in [4.69, 9.17) is 4.74 Å². The topological polar surface area (TPSA) is 9.23 Å². The van der Waals surface area contributed by atoms with E-state index in [2.05, 4.69) is 112 Å². The third-order valence-corrected chi connectivity index (χ3v) is 8.91. The summed E-state index contributed by atoms with van der Waals surface area (Å²) in [6.45, 7) is 7.07. The fourth-order valence-electron chi connectivity index (χ4n) is 6.94. The van der Waals surface area contributed by atoms with Crippen molar-refractivity contribution in [3.63, 3.8) is 0 Å². The molecule has 0 radical (unpaired) electrons. The zero-order valence-electron chi connectivity index (χ0n) is 22.0. The zero-order valence-corrected chi connectivity index (χ0v) is 22.0. The standard InChI is InChI=1S/C36H34O/c1-22(2)30-18-8-23(3)20-33(30)37-29-17-19-32-28(21-29)16-15-26-12-14-27-13-11-25-10-9-24-6-4-5-7-31(24)34(25)36(27)35(26)32/h4-7,9-17,19,21-23,30,33H,8,18,20H2,1-3H3. The van der Waals surface area contributed by atoms with Gasteiger partial charge in [0.15, 0.2) is 0 Å². The largest absolute Gasteiger partial charge is 0.490 e. The Kier molecular flexibility index (Phi) is 5.36. The summed E-state index contributed by atoms with van der Waals surface area (Å²) in [7, 11) is 0. The van der Waals surface area contributed by atoms with E-state index in [9.17, 15) is 0 Å². The average molecular weight is 483 g/mol. The van der Waals surface area contributed by atoms with Crippen LogP contribution in [-0.4, -0.2) is 6.10 Å². The minimum absolute atomic E-state index is 0.304. The molecule has 1 fully saturated rings. The summed E-state index contributed by atoms with van der Waals surface area (Å²) in [6, 6.07) is 33.7. The summed E-state index contributed by atoms with van der Waals surface area (Å²) in [5.74, 6) is 3.02. The van der Waals surface area contributed by atoms with Gasteiger partial charge in [-0.05, 0) is 96.6 Å². The highest BCUT2D eigenvalue weighted by atomic mass is 16.5. The lowest BCUT2D eigenvalue weighted by atomic mass is 9.75. The van der Waals surface area contributed by atoms with Gasteiger partial charge in [0.25, 0.3) is 0 Å². The number of benzene rings is 6. The molecule has 1 saturated carbocycles. The fourth-order valence-corrected chi connectivity index (χ4v) is 6.94. The highest BCUT2D eigenvalue weighted by Gasteiger charge is 2.32. The van der Waals surface area contributed by atoms with Crippen molar-refractivity contribution in [1.82, 2.24) is 0 Å². The third-order valence-electron chi connectivity index (χ3n) is 8.91. The van der Waals surface area contributed by atoms with Gasteiger partial charge in [0.2, 0.25) is 0 Å². The van der Waals surface area contributed by atoms with Crippen LogP contribution < -0.4 is 4.74 Å². The summed E-state index contributed by atoms with van der Waals surface area (Å²) >= 11 is 0. The van der Waals surface area contributed by atoms with Crippen molar-refractivity contribution < 1.29 is 4.74 Å². The van der Waals surface area contributed by atoms with E-state index in [0.717, 1.165) is 18.1 Å². The van der Waals surface area contributed by atoms with Crippen molar-refractivity contribution in [2.24, 2.45) is 17.8 Å². The summed E-state index contributed by atoms with van der Waals surface area (Å²) in [5.41, 5.74) is 0. The first-order chi connectivity index (χ1) is 18.1. The van der Waals surface area contributed by atoms with Crippen LogP contribution in [0.25, 0.3) is 53.9 Å². The first-order valence-corrected chi connectivity index (χ1v) is 13.9. The Morgan fingerprint density at radius 1 is 0.622 bits per heavy atom. The first kappa shape index (κ1) is 22.6. The van der Waals surface area contributed by atoms with E-state index >= 15 is 0 Å². The predicted octanol–water partition coefficient (Wildman–Crippen LogP) is 10.3. The van der Waals surface area contributed by atoms with Gasteiger partial charge in [-0.1, -0.05) is 106 Å². The quantitative estimate of drug-likeness (QED) is 0.228. The van der Waals surface area contributed by atoms with Gasteiger partial charge in [0.1, 0.15) is 11.9 Å². The lowest BCUT2D eigenvalue weighted by molar-refractivity contribution is 0.0461. The number of hydrogen-bond donors (Lipinski definition) is 0.